The van der Waals surface area contributed by atoms with Crippen LogP contribution in [0.2, 0.25) is 0 Å². The van der Waals surface area contributed by atoms with E-state index in [2.05, 4.69) is 425 Å². The van der Waals surface area contributed by atoms with Crippen molar-refractivity contribution in [2.45, 2.75) is 171 Å². The predicted molar refractivity (Wildman–Crippen MR) is 544 cm³/mol. The quantitative estimate of drug-likeness (QED) is 0.142. The zero-order chi connectivity index (χ0) is 91.4. The molecule has 8 heterocycles. The maximum atomic E-state index is 6.78. The number of hydrogen-bond donors (Lipinski definition) is 0. The van der Waals surface area contributed by atoms with E-state index in [9.17, 15) is 0 Å². The van der Waals surface area contributed by atoms with Gasteiger partial charge in [-0.3, -0.25) is 0 Å². The Labute approximate surface area is 775 Å². The van der Waals surface area contributed by atoms with Crippen molar-refractivity contribution in [1.29, 1.82) is 0 Å². The van der Waals surface area contributed by atoms with E-state index >= 15 is 0 Å². The Morgan fingerprint density at radius 2 is 0.583 bits per heavy atom. The van der Waals surface area contributed by atoms with E-state index in [1.807, 2.05) is 0 Å². The molecule has 25 rings (SSSR count). The molecule has 1 fully saturated rings. The molecule has 20 aromatic rings. The van der Waals surface area contributed by atoms with E-state index in [1.165, 1.54) is 247 Å². The van der Waals surface area contributed by atoms with Crippen LogP contribution in [0.1, 0.15) is 183 Å². The number of hydrogen-bond acceptors (Lipinski definition) is 4. The summed E-state index contributed by atoms with van der Waals surface area (Å²) in [6.45, 7) is 36.1. The number of fused-ring (bicyclic) bond motifs is 26. The van der Waals surface area contributed by atoms with Crippen LogP contribution in [0.25, 0.3) is 177 Å². The summed E-state index contributed by atoms with van der Waals surface area (Å²) in [5.41, 5.74) is 50.0. The van der Waals surface area contributed by atoms with Gasteiger partial charge in [-0.2, -0.15) is 0 Å². The second kappa shape index (κ2) is 31.1. The number of nitrogens with zero attached hydrogens (tertiary/aromatic N) is 4. The Morgan fingerprint density at radius 1 is 0.280 bits per heavy atom. The van der Waals surface area contributed by atoms with Crippen LogP contribution < -0.4 is 18.3 Å². The van der Waals surface area contributed by atoms with Crippen molar-refractivity contribution in [3.05, 3.63) is 356 Å². The van der Waals surface area contributed by atoms with Gasteiger partial charge in [0.05, 0.1) is 22.3 Å². The van der Waals surface area contributed by atoms with E-state index in [1.54, 1.807) is 0 Å². The molecule has 8 aromatic heterocycles. The van der Waals surface area contributed by atoms with Gasteiger partial charge in [0.1, 0.15) is 72.9 Å². The first-order chi connectivity index (χ1) is 63.6. The third kappa shape index (κ3) is 12.4. The highest BCUT2D eigenvalue weighted by Crippen LogP contribution is 2.62. The summed E-state index contributed by atoms with van der Waals surface area (Å²) >= 11 is 0. The van der Waals surface area contributed by atoms with Crippen LogP contribution in [-0.2, 0) is 49.9 Å². The van der Waals surface area contributed by atoms with Crippen LogP contribution in [0.5, 0.6) is 0 Å². The van der Waals surface area contributed by atoms with Gasteiger partial charge in [-0.25, -0.2) is 18.3 Å². The molecule has 0 amide bonds. The molecule has 0 unspecified atom stereocenters. The molecule has 132 heavy (non-hydrogen) atoms. The molecule has 8 nitrogen and oxygen atoms in total. The maximum absolute atomic E-state index is 6.78. The van der Waals surface area contributed by atoms with E-state index in [-0.39, 0.29) is 21.7 Å². The molecule has 0 bridgehead atoms. The third-order valence-corrected chi connectivity index (χ3v) is 31.9. The average molecular weight is 1730 g/mol. The standard InChI is InChI=1S/C33H34NO.C31H28NO.C31H30NO.C29H26NO/c1-19(2)33(20(3)4)27-11-9-8-10-23(27)25-17-26-24-13-12-22(6)31(29-16-21(5)14-15-34(29)7)32(24)35-30(26)18-28(25)33;1-19-12-15-32(3)27(16-19)29-20(2)10-11-22-24-17-26-23(18-28(24)33-30(22)29)21-8-4-5-9-25(21)31(26)13-6-7-14-31;1-6-31(7-2)25-11-9-8-10-21(25)23-17-24-22-13-12-20(4)29(27-16-19(3)14-15-32(27)5)30(22)33-28(24)18-26(23)31;1-17-12-13-30(5)25(14-17)27-18(2)10-11-20-22-15-21-19-8-6-7-9-23(19)29(3,4)24(21)16-26(22)31-28(20)27/h8-20H,1-7H3;4-5,8-12,15-18H,6-7,13-14H2,1-3H3;8-18H,6-7H2,1-5H3;6-16H,1-5H3/q4*+1. The molecular formula is C124H118N4O4+4. The summed E-state index contributed by atoms with van der Waals surface area (Å²) in [7, 11) is 8.44. The average Bonchev–Trinajstić information content (AvgIpc) is 1.55. The highest BCUT2D eigenvalue weighted by molar-refractivity contribution is 6.16. The van der Waals surface area contributed by atoms with Crippen LogP contribution >= 0.6 is 0 Å². The minimum atomic E-state index is -0.0270. The molecule has 0 radical (unpaired) electrons. The van der Waals surface area contributed by atoms with E-state index in [4.69, 9.17) is 17.7 Å². The number of aromatic nitrogens is 4. The third-order valence-electron chi connectivity index (χ3n) is 31.9. The molecular weight excluding hydrogens is 1610 g/mol. The second-order valence-electron chi connectivity index (χ2n) is 40.4. The summed E-state index contributed by atoms with van der Waals surface area (Å²) in [6, 6.07) is 90.2. The Bertz CT molecular complexity index is 8180. The summed E-state index contributed by atoms with van der Waals surface area (Å²) in [6.07, 6.45) is 15.8. The molecule has 0 N–H and O–H groups in total. The van der Waals surface area contributed by atoms with Gasteiger partial charge in [-0.05, 0) is 275 Å². The monoisotopic (exact) mass is 1730 g/mol. The van der Waals surface area contributed by atoms with Crippen molar-refractivity contribution < 1.29 is 35.9 Å². The van der Waals surface area contributed by atoms with Crippen LogP contribution in [0, 0.1) is 67.2 Å². The van der Waals surface area contributed by atoms with Crippen molar-refractivity contribution in [3.63, 3.8) is 0 Å². The Balaban J connectivity index is 0.000000103. The van der Waals surface area contributed by atoms with E-state index < -0.39 is 0 Å². The maximum Gasteiger partial charge on any atom is 0.216 e. The first kappa shape index (κ1) is 84.0. The number of aryl methyl sites for hydroxylation is 12. The molecule has 5 aliphatic carbocycles. The zero-order valence-electron chi connectivity index (χ0n) is 80.2. The molecule has 654 valence electrons. The molecule has 0 atom stereocenters. The van der Waals surface area contributed by atoms with Crippen LogP contribution in [-0.4, -0.2) is 0 Å². The van der Waals surface area contributed by atoms with Crippen LogP contribution in [0.15, 0.2) is 285 Å². The zero-order valence-corrected chi connectivity index (χ0v) is 80.2. The first-order valence-electron chi connectivity index (χ1n) is 47.9. The minimum absolute atomic E-state index is 0.0270. The summed E-state index contributed by atoms with van der Waals surface area (Å²) < 4.78 is 35.6. The summed E-state index contributed by atoms with van der Waals surface area (Å²) in [5, 5.41) is 9.64. The number of pyridine rings is 4. The van der Waals surface area contributed by atoms with Crippen molar-refractivity contribution >= 4 is 87.8 Å². The Morgan fingerprint density at radius 3 is 0.977 bits per heavy atom. The molecule has 0 aliphatic heterocycles. The largest absolute Gasteiger partial charge is 0.455 e. The van der Waals surface area contributed by atoms with Crippen molar-refractivity contribution in [1.82, 2.24) is 0 Å². The first-order valence-corrected chi connectivity index (χ1v) is 47.9. The second-order valence-corrected chi connectivity index (χ2v) is 40.4. The summed E-state index contributed by atoms with van der Waals surface area (Å²) in [5.74, 6) is 0.937. The van der Waals surface area contributed by atoms with Gasteiger partial charge in [-0.15, -0.1) is 0 Å². The van der Waals surface area contributed by atoms with E-state index in [0.29, 0.717) is 11.8 Å². The highest BCUT2D eigenvalue weighted by atomic mass is 16.3. The molecule has 8 heteroatoms. The van der Waals surface area contributed by atoms with Gasteiger partial charge in [0.2, 0.25) is 22.8 Å². The van der Waals surface area contributed by atoms with Crippen molar-refractivity contribution in [2.75, 3.05) is 0 Å². The number of benzene rings is 12. The van der Waals surface area contributed by atoms with Gasteiger partial charge >= 0.3 is 0 Å². The highest BCUT2D eigenvalue weighted by Gasteiger charge is 2.50. The topological polar surface area (TPSA) is 68.1 Å². The fourth-order valence-electron chi connectivity index (χ4n) is 25.1. The van der Waals surface area contributed by atoms with Gasteiger partial charge in [0.25, 0.3) is 0 Å². The molecule has 1 saturated carbocycles. The number of rotatable bonds is 8. The van der Waals surface area contributed by atoms with Gasteiger partial charge in [0.15, 0.2) is 24.8 Å². The SMILES string of the molecule is CCC1(CC)c2ccccc2-c2cc3c(cc21)oc1c(-c2cc(C)cc[n+]2C)c(C)ccc13.Cc1cc[n+](C)c(-c2c(C)ccc3c2oc2cc4c(cc23)-c2ccccc2C4(C(C)C)C(C)C)c1.Cc1cc[n+](C)c(-c2c(C)ccc3c2oc2cc4c(cc23)-c2ccccc2C4(C)C)c1.Cc1cc[n+](C)c(-c2c(C)ccc3c2oc2cc4c(cc23)C2(CCCC2)c2ccccc2-4)c1. The van der Waals surface area contributed by atoms with Crippen LogP contribution in [0.3, 0.4) is 0 Å². The Hall–Kier alpha value is -13.6. The van der Waals surface area contributed by atoms with Gasteiger partial charge < -0.3 is 17.7 Å². The van der Waals surface area contributed by atoms with Crippen molar-refractivity contribution in [2.24, 2.45) is 40.0 Å². The molecule has 5 aliphatic rings. The molecule has 0 saturated heterocycles. The van der Waals surface area contributed by atoms with Crippen LogP contribution in [0.4, 0.5) is 0 Å². The fourth-order valence-corrected chi connectivity index (χ4v) is 25.1. The predicted octanol–water partition coefficient (Wildman–Crippen LogP) is 30.6. The van der Waals surface area contributed by atoms with Crippen molar-refractivity contribution in [3.8, 4) is 89.5 Å². The molecule has 1 spiro atoms. The smallest absolute Gasteiger partial charge is 0.216 e. The normalized spacial score (nSPS) is 14.7. The lowest BCUT2D eigenvalue weighted by molar-refractivity contribution is -0.660. The number of furan rings is 4. The minimum Gasteiger partial charge on any atom is -0.455 e. The van der Waals surface area contributed by atoms with Gasteiger partial charge in [-0.1, -0.05) is 214 Å². The van der Waals surface area contributed by atoms with Gasteiger partial charge in [0, 0.05) is 113 Å². The summed E-state index contributed by atoms with van der Waals surface area (Å²) in [4.78, 5) is 0. The van der Waals surface area contributed by atoms with E-state index in [0.717, 1.165) is 57.5 Å². The lowest BCUT2D eigenvalue weighted by Crippen LogP contribution is -2.37. The Kier molecular flexibility index (Phi) is 19.8. The molecule has 12 aromatic carbocycles. The lowest BCUT2D eigenvalue weighted by atomic mass is 9.63. The lowest BCUT2D eigenvalue weighted by Gasteiger charge is -2.40. The fraction of sp³-hybridized carbons (Fsp3) is 0.258.